The fraction of sp³-hybridized carbons (Fsp3) is 0.933. The van der Waals surface area contributed by atoms with E-state index in [-0.39, 0.29) is 26.1 Å². The smallest absolute Gasteiger partial charge is 0.335 e. The molecule has 56 heavy (non-hydrogen) atoms. The van der Waals surface area contributed by atoms with Gasteiger partial charge >= 0.3 is 17.9 Å². The number of hydrogen-bond acceptors (Lipinski definition) is 10. The number of esters is 2. The van der Waals surface area contributed by atoms with Crippen LogP contribution in [0.4, 0.5) is 0 Å². The van der Waals surface area contributed by atoms with Gasteiger partial charge in [-0.3, -0.25) is 9.59 Å². The highest BCUT2D eigenvalue weighted by molar-refractivity contribution is 5.73. The summed E-state index contributed by atoms with van der Waals surface area (Å²) in [5.41, 5.74) is 0. The maximum absolute atomic E-state index is 12.8. The number of aliphatic hydroxyl groups is 3. The van der Waals surface area contributed by atoms with Crippen LogP contribution in [0.2, 0.25) is 0 Å². The Morgan fingerprint density at radius 3 is 1.39 bits per heavy atom. The zero-order chi connectivity index (χ0) is 41.2. The molecular weight excluding hydrogens is 716 g/mol. The first-order valence-corrected chi connectivity index (χ1v) is 23.0. The van der Waals surface area contributed by atoms with Gasteiger partial charge in [0.1, 0.15) is 24.9 Å². The molecule has 0 bridgehead atoms. The number of ether oxygens (including phenoxy) is 4. The first-order valence-electron chi connectivity index (χ1n) is 23.0. The van der Waals surface area contributed by atoms with E-state index in [4.69, 9.17) is 18.9 Å². The van der Waals surface area contributed by atoms with Gasteiger partial charge in [-0.25, -0.2) is 4.79 Å². The van der Waals surface area contributed by atoms with Crippen LogP contribution in [-0.2, 0) is 33.3 Å². The number of carbonyl (C=O) groups excluding carboxylic acids is 2. The first-order chi connectivity index (χ1) is 27.1. The van der Waals surface area contributed by atoms with E-state index in [1.165, 1.54) is 128 Å². The maximum Gasteiger partial charge on any atom is 0.335 e. The van der Waals surface area contributed by atoms with Gasteiger partial charge in [-0.05, 0) is 18.8 Å². The maximum atomic E-state index is 12.8. The Labute approximate surface area is 340 Å². The molecule has 0 aromatic rings. The van der Waals surface area contributed by atoms with Crippen LogP contribution in [0.25, 0.3) is 0 Å². The van der Waals surface area contributed by atoms with Gasteiger partial charge in [0, 0.05) is 12.8 Å². The number of rotatable bonds is 38. The number of aliphatic carboxylic acids is 1. The molecule has 0 aliphatic carbocycles. The van der Waals surface area contributed by atoms with E-state index in [2.05, 4.69) is 20.8 Å². The number of carboxylic acid groups (broad SMARTS) is 1. The third-order valence-electron chi connectivity index (χ3n) is 11.1. The average Bonchev–Trinajstić information content (AvgIpc) is 3.17. The van der Waals surface area contributed by atoms with Crippen molar-refractivity contribution in [2.75, 3.05) is 13.2 Å². The Kier molecular flexibility index (Phi) is 32.8. The summed E-state index contributed by atoms with van der Waals surface area (Å²) in [6.45, 7) is 6.20. The van der Waals surface area contributed by atoms with Crippen molar-refractivity contribution in [3.63, 3.8) is 0 Å². The largest absolute Gasteiger partial charge is 0.479 e. The predicted octanol–water partition coefficient (Wildman–Crippen LogP) is 9.73. The van der Waals surface area contributed by atoms with Crippen molar-refractivity contribution in [2.24, 2.45) is 5.92 Å². The van der Waals surface area contributed by atoms with Crippen LogP contribution in [0.5, 0.6) is 0 Å². The highest BCUT2D eigenvalue weighted by atomic mass is 16.7. The van der Waals surface area contributed by atoms with Crippen molar-refractivity contribution < 1.29 is 53.8 Å². The van der Waals surface area contributed by atoms with Crippen LogP contribution >= 0.6 is 0 Å². The molecular formula is C45H84O11. The van der Waals surface area contributed by atoms with Gasteiger partial charge < -0.3 is 39.4 Å². The summed E-state index contributed by atoms with van der Waals surface area (Å²) >= 11 is 0. The van der Waals surface area contributed by atoms with Crippen LogP contribution in [0.3, 0.4) is 0 Å². The zero-order valence-electron chi connectivity index (χ0n) is 35.8. The lowest BCUT2D eigenvalue weighted by Gasteiger charge is -2.38. The molecule has 7 atom stereocenters. The third-order valence-corrected chi connectivity index (χ3v) is 11.1. The van der Waals surface area contributed by atoms with Gasteiger partial charge in [-0.15, -0.1) is 0 Å². The molecule has 1 heterocycles. The Bertz CT molecular complexity index is 962. The van der Waals surface area contributed by atoms with Crippen molar-refractivity contribution in [3.05, 3.63) is 0 Å². The van der Waals surface area contributed by atoms with E-state index in [0.717, 1.165) is 44.4 Å². The molecule has 330 valence electrons. The average molecular weight is 801 g/mol. The van der Waals surface area contributed by atoms with Crippen molar-refractivity contribution in [1.82, 2.24) is 0 Å². The second kappa shape index (κ2) is 35.2. The van der Waals surface area contributed by atoms with Gasteiger partial charge in [0.2, 0.25) is 0 Å². The summed E-state index contributed by atoms with van der Waals surface area (Å²) in [4.78, 5) is 36.8. The van der Waals surface area contributed by atoms with E-state index in [1.54, 1.807) is 0 Å². The van der Waals surface area contributed by atoms with Crippen molar-refractivity contribution in [2.45, 2.75) is 250 Å². The number of unbranched alkanes of at least 4 members (excludes halogenated alkanes) is 23. The van der Waals surface area contributed by atoms with E-state index in [9.17, 15) is 34.8 Å². The predicted molar refractivity (Wildman–Crippen MR) is 220 cm³/mol. The van der Waals surface area contributed by atoms with E-state index in [1.807, 2.05) is 0 Å². The van der Waals surface area contributed by atoms with Crippen LogP contribution in [0.15, 0.2) is 0 Å². The number of carboxylic acids is 1. The third kappa shape index (κ3) is 27.0. The molecule has 0 spiro atoms. The SMILES string of the molecule is CCCCCCCCCCCCCCCCC(=O)O[C@H](COC(=O)CCCCCCCC[C@@H](C)CCCCCCCC)CO[C@H]1O[C@H](C(=O)O)[C@@H](O)[C@H](O)[C@H]1O. The molecule has 0 aromatic heterocycles. The van der Waals surface area contributed by atoms with E-state index in [0.29, 0.717) is 12.8 Å². The first kappa shape index (κ1) is 52.2. The van der Waals surface area contributed by atoms with Gasteiger partial charge in [0.15, 0.2) is 18.5 Å². The summed E-state index contributed by atoms with van der Waals surface area (Å²) in [5, 5.41) is 39.8. The molecule has 0 unspecified atom stereocenters. The summed E-state index contributed by atoms with van der Waals surface area (Å²) in [5.74, 6) is -1.64. The second-order valence-corrected chi connectivity index (χ2v) is 16.5. The fourth-order valence-electron chi connectivity index (χ4n) is 7.36. The van der Waals surface area contributed by atoms with E-state index >= 15 is 0 Å². The second-order valence-electron chi connectivity index (χ2n) is 16.5. The summed E-state index contributed by atoms with van der Waals surface area (Å²) in [6.07, 6.45) is 24.3. The number of carbonyl (C=O) groups is 3. The van der Waals surface area contributed by atoms with Crippen LogP contribution < -0.4 is 0 Å². The van der Waals surface area contributed by atoms with Gasteiger partial charge in [-0.1, -0.05) is 188 Å². The van der Waals surface area contributed by atoms with Crippen molar-refractivity contribution in [3.8, 4) is 0 Å². The molecule has 1 rings (SSSR count). The molecule has 0 aromatic carbocycles. The lowest BCUT2D eigenvalue weighted by Crippen LogP contribution is -2.60. The normalized spacial score (nSPS) is 20.8. The highest BCUT2D eigenvalue weighted by Gasteiger charge is 2.47. The minimum absolute atomic E-state index is 0.190. The molecule has 11 nitrogen and oxygen atoms in total. The summed E-state index contributed by atoms with van der Waals surface area (Å²) < 4.78 is 21.8. The quantitative estimate of drug-likeness (QED) is 0.0346. The minimum atomic E-state index is -1.86. The Hall–Kier alpha value is -1.79. The lowest BCUT2D eigenvalue weighted by atomic mass is 9.96. The minimum Gasteiger partial charge on any atom is -0.479 e. The molecule has 0 amide bonds. The van der Waals surface area contributed by atoms with Crippen LogP contribution in [0.1, 0.15) is 213 Å². The molecule has 1 aliphatic rings. The molecule has 0 radical (unpaired) electrons. The number of aliphatic hydroxyl groups excluding tert-OH is 3. The monoisotopic (exact) mass is 801 g/mol. The highest BCUT2D eigenvalue weighted by Crippen LogP contribution is 2.23. The molecule has 0 saturated carbocycles. The summed E-state index contributed by atoms with van der Waals surface area (Å²) in [7, 11) is 0. The van der Waals surface area contributed by atoms with Crippen LogP contribution in [0, 0.1) is 5.92 Å². The van der Waals surface area contributed by atoms with Gasteiger partial charge in [0.05, 0.1) is 6.61 Å². The van der Waals surface area contributed by atoms with Crippen molar-refractivity contribution >= 4 is 17.9 Å². The molecule has 1 saturated heterocycles. The van der Waals surface area contributed by atoms with Crippen LogP contribution in [-0.4, -0.2) is 88.4 Å². The Morgan fingerprint density at radius 1 is 0.536 bits per heavy atom. The van der Waals surface area contributed by atoms with Crippen molar-refractivity contribution in [1.29, 1.82) is 0 Å². The number of hydrogen-bond donors (Lipinski definition) is 4. The molecule has 1 fully saturated rings. The molecule has 1 aliphatic heterocycles. The Morgan fingerprint density at radius 2 is 0.946 bits per heavy atom. The Balaban J connectivity index is 2.38. The fourth-order valence-corrected chi connectivity index (χ4v) is 7.36. The van der Waals surface area contributed by atoms with Gasteiger partial charge in [0.25, 0.3) is 0 Å². The molecule has 4 N–H and O–H groups in total. The van der Waals surface area contributed by atoms with E-state index < -0.39 is 54.7 Å². The summed E-state index contributed by atoms with van der Waals surface area (Å²) in [6, 6.07) is 0. The zero-order valence-corrected chi connectivity index (χ0v) is 35.8. The van der Waals surface area contributed by atoms with Gasteiger partial charge in [-0.2, -0.15) is 0 Å². The standard InChI is InChI=1S/C45H84O11/c1-4-6-8-10-12-13-14-15-16-17-18-19-25-29-33-39(47)55-37(35-54-45-42(50)40(48)41(49)43(56-45)44(51)52)34-53-38(46)32-28-24-21-20-23-27-31-36(3)30-26-22-11-9-7-5-2/h36-37,40-43,45,48-50H,4-35H2,1-3H3,(H,51,52)/t36-,37+,40-,41-,42+,43-,45-/m0/s1. The topological polar surface area (TPSA) is 169 Å². The molecule has 11 heteroatoms. The lowest BCUT2D eigenvalue weighted by molar-refractivity contribution is -0.298.